The predicted molar refractivity (Wildman–Crippen MR) is 58.8 cm³/mol. The van der Waals surface area contributed by atoms with Crippen molar-refractivity contribution in [2.45, 2.75) is 13.3 Å². The van der Waals surface area contributed by atoms with Crippen LogP contribution in [0.1, 0.15) is 13.3 Å². The third-order valence-corrected chi connectivity index (χ3v) is 1.23. The third-order valence-electron chi connectivity index (χ3n) is 1.23. The van der Waals surface area contributed by atoms with E-state index < -0.39 is 0 Å². The first-order valence-corrected chi connectivity index (χ1v) is 4.26. The second-order valence-corrected chi connectivity index (χ2v) is 2.76. The highest BCUT2D eigenvalue weighted by molar-refractivity contribution is 5.85. The van der Waals surface area contributed by atoms with E-state index in [1.807, 2.05) is 6.92 Å². The van der Waals surface area contributed by atoms with E-state index in [9.17, 15) is 0 Å². The van der Waals surface area contributed by atoms with Crippen LogP contribution in [-0.2, 0) is 0 Å². The smallest absolute Gasteiger partial charge is 0.114 e. The van der Waals surface area contributed by atoms with Gasteiger partial charge in [-0.25, -0.2) is 4.99 Å². The van der Waals surface area contributed by atoms with Crippen LogP contribution < -0.4 is 5.43 Å². The van der Waals surface area contributed by atoms with Crippen LogP contribution in [0.4, 0.5) is 0 Å². The van der Waals surface area contributed by atoms with E-state index in [1.165, 1.54) is 0 Å². The number of hydrogen-bond donors (Lipinski definition) is 1. The van der Waals surface area contributed by atoms with Crippen molar-refractivity contribution in [2.24, 2.45) is 10.1 Å². The molecule has 0 saturated carbocycles. The zero-order valence-corrected chi connectivity index (χ0v) is 9.39. The average Bonchev–Trinajstić information content (AvgIpc) is 2.02. The summed E-state index contributed by atoms with van der Waals surface area (Å²) < 4.78 is 0. The van der Waals surface area contributed by atoms with Crippen LogP contribution in [-0.4, -0.2) is 44.6 Å². The van der Waals surface area contributed by atoms with Crippen LogP contribution in [0.15, 0.2) is 10.1 Å². The standard InChI is InChI=1S/C8H18N4.ClH/c1-4-10-11-8-9-6-5-7-12(2)3;/h10H,4-7H2,1-3H3;1H. The molecule has 0 aromatic carbocycles. The average molecular weight is 207 g/mol. The van der Waals surface area contributed by atoms with Gasteiger partial charge in [-0.15, -0.1) is 17.5 Å². The highest BCUT2D eigenvalue weighted by atomic mass is 35.5. The molecule has 0 atom stereocenters. The molecule has 0 fully saturated rings. The van der Waals surface area contributed by atoms with E-state index >= 15 is 0 Å². The minimum absolute atomic E-state index is 0. The molecule has 0 heterocycles. The highest BCUT2D eigenvalue weighted by Crippen LogP contribution is 1.82. The molecule has 13 heavy (non-hydrogen) atoms. The van der Waals surface area contributed by atoms with Gasteiger partial charge in [0.2, 0.25) is 0 Å². The van der Waals surface area contributed by atoms with Gasteiger partial charge in [0, 0.05) is 6.54 Å². The van der Waals surface area contributed by atoms with Crippen molar-refractivity contribution in [3.8, 4) is 0 Å². The fraction of sp³-hybridized carbons (Fsp3) is 0.875. The molecular weight excluding hydrogens is 188 g/mol. The Kier molecular flexibility index (Phi) is 13.1. The molecule has 0 rings (SSSR count). The van der Waals surface area contributed by atoms with Gasteiger partial charge in [-0.2, -0.15) is 0 Å². The number of rotatable bonds is 6. The Bertz CT molecular complexity index is 152. The molecule has 0 saturated heterocycles. The summed E-state index contributed by atoms with van der Waals surface area (Å²) in [5.41, 5.74) is 2.76. The minimum Gasteiger partial charge on any atom is -0.309 e. The van der Waals surface area contributed by atoms with E-state index in [4.69, 9.17) is 0 Å². The summed E-state index contributed by atoms with van der Waals surface area (Å²) in [6, 6.07) is 2.58. The zero-order chi connectivity index (χ0) is 9.23. The Morgan fingerprint density at radius 2 is 2.08 bits per heavy atom. The van der Waals surface area contributed by atoms with Crippen molar-refractivity contribution in [1.82, 2.24) is 10.3 Å². The summed E-state index contributed by atoms with van der Waals surface area (Å²) in [4.78, 5) is 6.11. The van der Waals surface area contributed by atoms with Crippen molar-refractivity contribution in [3.05, 3.63) is 0 Å². The van der Waals surface area contributed by atoms with Gasteiger partial charge in [-0.05, 0) is 34.0 Å². The minimum atomic E-state index is 0. The first-order chi connectivity index (χ1) is 5.77. The van der Waals surface area contributed by atoms with E-state index in [0.717, 1.165) is 26.1 Å². The van der Waals surface area contributed by atoms with Gasteiger partial charge in [0.1, 0.15) is 6.01 Å². The summed E-state index contributed by atoms with van der Waals surface area (Å²) in [5, 5.41) is 3.73. The van der Waals surface area contributed by atoms with E-state index in [1.54, 1.807) is 0 Å². The number of hydrazone groups is 1. The van der Waals surface area contributed by atoms with E-state index in [2.05, 4.69) is 40.5 Å². The fourth-order valence-electron chi connectivity index (χ4n) is 0.666. The number of hydrogen-bond acceptors (Lipinski definition) is 4. The van der Waals surface area contributed by atoms with Crippen LogP contribution in [0.5, 0.6) is 0 Å². The lowest BCUT2D eigenvalue weighted by molar-refractivity contribution is 0.403. The maximum atomic E-state index is 3.98. The second-order valence-electron chi connectivity index (χ2n) is 2.76. The fourth-order valence-corrected chi connectivity index (χ4v) is 0.666. The predicted octanol–water partition coefficient (Wildman–Crippen LogP) is 1.06. The Morgan fingerprint density at radius 1 is 1.38 bits per heavy atom. The van der Waals surface area contributed by atoms with Crippen molar-refractivity contribution < 1.29 is 0 Å². The quantitative estimate of drug-likeness (QED) is 0.401. The maximum absolute atomic E-state index is 3.98. The van der Waals surface area contributed by atoms with Gasteiger partial charge < -0.3 is 10.3 Å². The molecule has 0 aliphatic rings. The lowest BCUT2D eigenvalue weighted by atomic mass is 10.4. The monoisotopic (exact) mass is 206 g/mol. The number of nitrogens with one attached hydrogen (secondary N) is 1. The summed E-state index contributed by atoms with van der Waals surface area (Å²) in [5.74, 6) is 0. The Hall–Kier alpha value is -0.570. The molecule has 5 heteroatoms. The normalized spacial score (nSPS) is 8.62. The Morgan fingerprint density at radius 3 is 2.62 bits per heavy atom. The molecule has 0 aliphatic heterocycles. The summed E-state index contributed by atoms with van der Waals surface area (Å²) in [6.07, 6.45) is 1.06. The molecule has 78 valence electrons. The highest BCUT2D eigenvalue weighted by Gasteiger charge is 1.86. The van der Waals surface area contributed by atoms with E-state index in [0.29, 0.717) is 0 Å². The first-order valence-electron chi connectivity index (χ1n) is 4.26. The van der Waals surface area contributed by atoms with Crippen LogP contribution >= 0.6 is 12.4 Å². The molecule has 0 aliphatic carbocycles. The van der Waals surface area contributed by atoms with Gasteiger partial charge in [0.05, 0.1) is 6.54 Å². The van der Waals surface area contributed by atoms with Gasteiger partial charge in [-0.1, -0.05) is 0 Å². The lowest BCUT2D eigenvalue weighted by Gasteiger charge is -2.05. The van der Waals surface area contributed by atoms with E-state index in [-0.39, 0.29) is 12.4 Å². The van der Waals surface area contributed by atoms with Crippen LogP contribution in [0.25, 0.3) is 0 Å². The third kappa shape index (κ3) is 14.3. The van der Waals surface area contributed by atoms with Gasteiger partial charge in [0.15, 0.2) is 0 Å². The van der Waals surface area contributed by atoms with Crippen LogP contribution in [0, 0.1) is 0 Å². The van der Waals surface area contributed by atoms with Crippen LogP contribution in [0.2, 0.25) is 0 Å². The SMILES string of the molecule is CCNN=C=NCCCN(C)C.Cl. The van der Waals surface area contributed by atoms with Gasteiger partial charge >= 0.3 is 0 Å². The largest absolute Gasteiger partial charge is 0.309 e. The molecule has 0 bridgehead atoms. The molecule has 1 N–H and O–H groups in total. The molecule has 4 nitrogen and oxygen atoms in total. The number of halogens is 1. The van der Waals surface area contributed by atoms with Crippen LogP contribution in [0.3, 0.4) is 0 Å². The van der Waals surface area contributed by atoms with Crippen molar-refractivity contribution in [3.63, 3.8) is 0 Å². The van der Waals surface area contributed by atoms with Crippen molar-refractivity contribution >= 4 is 18.4 Å². The molecule has 0 aromatic heterocycles. The Balaban J connectivity index is 0. The topological polar surface area (TPSA) is 40.0 Å². The van der Waals surface area contributed by atoms with Crippen molar-refractivity contribution in [1.29, 1.82) is 0 Å². The van der Waals surface area contributed by atoms with Gasteiger partial charge in [0.25, 0.3) is 0 Å². The zero-order valence-electron chi connectivity index (χ0n) is 8.58. The molecule has 0 radical (unpaired) electrons. The van der Waals surface area contributed by atoms with Crippen molar-refractivity contribution in [2.75, 3.05) is 33.7 Å². The van der Waals surface area contributed by atoms with Gasteiger partial charge in [-0.3, -0.25) is 0 Å². The second kappa shape index (κ2) is 11.4. The summed E-state index contributed by atoms with van der Waals surface area (Å²) in [7, 11) is 4.10. The number of aliphatic imine (C=N–C) groups is 1. The molecular formula is C8H19ClN4. The molecule has 0 amide bonds. The molecule has 0 aromatic rings. The number of nitrogens with zero attached hydrogens (tertiary/aromatic N) is 3. The Labute approximate surface area is 86.5 Å². The summed E-state index contributed by atoms with van der Waals surface area (Å²) >= 11 is 0. The lowest BCUT2D eigenvalue weighted by Crippen LogP contribution is -2.13. The first kappa shape index (κ1) is 14.9. The maximum Gasteiger partial charge on any atom is 0.114 e. The molecule has 0 unspecified atom stereocenters. The molecule has 0 spiro atoms. The summed E-state index contributed by atoms with van der Waals surface area (Å²) in [6.45, 7) is 4.66.